The summed E-state index contributed by atoms with van der Waals surface area (Å²) in [6.07, 6.45) is 5.57. The van der Waals surface area contributed by atoms with Gasteiger partial charge in [-0.2, -0.15) is 0 Å². The molecule has 33 heavy (non-hydrogen) atoms. The van der Waals surface area contributed by atoms with Crippen LogP contribution in [0.2, 0.25) is 5.02 Å². The lowest BCUT2D eigenvalue weighted by molar-refractivity contribution is 0.133. The summed E-state index contributed by atoms with van der Waals surface area (Å²) in [5.41, 5.74) is 16.7. The fourth-order valence-electron chi connectivity index (χ4n) is 4.11. The van der Waals surface area contributed by atoms with Crippen molar-refractivity contribution in [1.29, 1.82) is 0 Å². The maximum absolute atomic E-state index is 12.6. The largest absolute Gasteiger partial charge is 0.449 e. The molecule has 1 aliphatic rings. The zero-order valence-corrected chi connectivity index (χ0v) is 19.1. The highest BCUT2D eigenvalue weighted by molar-refractivity contribution is 6.30. The van der Waals surface area contributed by atoms with Crippen LogP contribution in [0.5, 0.6) is 0 Å². The van der Waals surface area contributed by atoms with Gasteiger partial charge in [-0.3, -0.25) is 10.3 Å². The van der Waals surface area contributed by atoms with Crippen LogP contribution in [0.25, 0.3) is 0 Å². The summed E-state index contributed by atoms with van der Waals surface area (Å²) in [7, 11) is 0. The number of nitrogens with one attached hydrogen (secondary N) is 1. The number of piperidine rings is 1. The number of carbonyl (C=O) groups is 1. The minimum absolute atomic E-state index is 0.325. The van der Waals surface area contributed by atoms with Crippen molar-refractivity contribution in [2.75, 3.05) is 41.4 Å². The molecule has 7 nitrogen and oxygen atoms in total. The number of nitrogen functional groups attached to an aromatic ring is 2. The number of hydrogen-bond acceptors (Lipinski definition) is 6. The van der Waals surface area contributed by atoms with Gasteiger partial charge in [0.05, 0.1) is 18.0 Å². The van der Waals surface area contributed by atoms with Crippen LogP contribution in [-0.4, -0.2) is 30.8 Å². The molecule has 0 saturated carbocycles. The molecule has 0 bridgehead atoms. The fraction of sp³-hybridized carbons (Fsp3) is 0.280. The van der Waals surface area contributed by atoms with Crippen LogP contribution in [0.4, 0.5) is 27.5 Å². The average molecular weight is 466 g/mol. The summed E-state index contributed by atoms with van der Waals surface area (Å²) < 4.78 is 5.55. The summed E-state index contributed by atoms with van der Waals surface area (Å²) >= 11 is 5.98. The van der Waals surface area contributed by atoms with Crippen LogP contribution in [0.1, 0.15) is 24.0 Å². The molecule has 4 rings (SSSR count). The highest BCUT2D eigenvalue weighted by Crippen LogP contribution is 2.30. The van der Waals surface area contributed by atoms with Gasteiger partial charge in [0.15, 0.2) is 0 Å². The van der Waals surface area contributed by atoms with E-state index in [1.54, 1.807) is 18.5 Å². The normalized spacial score (nSPS) is 14.2. The van der Waals surface area contributed by atoms with Gasteiger partial charge in [0, 0.05) is 41.9 Å². The molecular weight excluding hydrogens is 438 g/mol. The molecule has 8 heteroatoms. The van der Waals surface area contributed by atoms with Crippen LogP contribution < -0.4 is 21.7 Å². The number of ether oxygens (including phenoxy) is 1. The van der Waals surface area contributed by atoms with E-state index in [2.05, 4.69) is 15.2 Å². The number of halogens is 1. The third-order valence-electron chi connectivity index (χ3n) is 5.90. The number of hydrogen-bond donors (Lipinski definition) is 3. The van der Waals surface area contributed by atoms with Gasteiger partial charge in [-0.05, 0) is 72.7 Å². The summed E-state index contributed by atoms with van der Waals surface area (Å²) in [4.78, 5) is 19.0. The molecule has 0 spiro atoms. The third-order valence-corrected chi connectivity index (χ3v) is 6.15. The summed E-state index contributed by atoms with van der Waals surface area (Å²) in [5.74, 6) is 0.325. The van der Waals surface area contributed by atoms with Crippen LogP contribution in [-0.2, 0) is 11.2 Å². The molecule has 0 aliphatic carbocycles. The zero-order chi connectivity index (χ0) is 23.2. The number of rotatable bonds is 6. The van der Waals surface area contributed by atoms with Crippen molar-refractivity contribution in [3.63, 3.8) is 0 Å². The highest BCUT2D eigenvalue weighted by Gasteiger charge is 2.21. The number of benzene rings is 2. The summed E-state index contributed by atoms with van der Waals surface area (Å²) in [5, 5.41) is 3.49. The Balaban J connectivity index is 1.33. The van der Waals surface area contributed by atoms with Crippen molar-refractivity contribution in [2.45, 2.75) is 19.3 Å². The Morgan fingerprint density at radius 2 is 1.79 bits per heavy atom. The maximum atomic E-state index is 12.6. The quantitative estimate of drug-likeness (QED) is 0.444. The van der Waals surface area contributed by atoms with Crippen molar-refractivity contribution < 1.29 is 9.53 Å². The number of carbonyl (C=O) groups excluding carboxylic acids is 1. The number of nitrogens with zero attached hydrogens (tertiary/aromatic N) is 2. The van der Waals surface area contributed by atoms with Gasteiger partial charge in [-0.25, -0.2) is 4.79 Å². The number of aromatic nitrogens is 1. The molecule has 0 unspecified atom stereocenters. The second-order valence-electron chi connectivity index (χ2n) is 8.31. The molecule has 1 saturated heterocycles. The van der Waals surface area contributed by atoms with Gasteiger partial charge < -0.3 is 21.1 Å². The Labute approximate surface area is 198 Å². The van der Waals surface area contributed by atoms with Gasteiger partial charge in [-0.15, -0.1) is 0 Å². The highest BCUT2D eigenvalue weighted by atomic mass is 35.5. The van der Waals surface area contributed by atoms with Crippen molar-refractivity contribution in [3.8, 4) is 0 Å². The van der Waals surface area contributed by atoms with E-state index in [0.717, 1.165) is 37.1 Å². The van der Waals surface area contributed by atoms with E-state index >= 15 is 0 Å². The number of amides is 1. The molecule has 1 amide bonds. The SMILES string of the molecule is Nc1cc(N)c(NC(=O)OCC2CCN(c3ccncc3)CC2)c(Cc2ccc(Cl)cc2)c1. The lowest BCUT2D eigenvalue weighted by atomic mass is 9.97. The van der Waals surface area contributed by atoms with Gasteiger partial charge >= 0.3 is 6.09 Å². The molecule has 5 N–H and O–H groups in total. The van der Waals surface area contributed by atoms with E-state index < -0.39 is 6.09 Å². The van der Waals surface area contributed by atoms with E-state index in [-0.39, 0.29) is 0 Å². The van der Waals surface area contributed by atoms with E-state index in [9.17, 15) is 4.79 Å². The molecule has 2 heterocycles. The zero-order valence-electron chi connectivity index (χ0n) is 18.3. The van der Waals surface area contributed by atoms with Crippen molar-refractivity contribution >= 4 is 40.4 Å². The second kappa shape index (κ2) is 10.4. The summed E-state index contributed by atoms with van der Waals surface area (Å²) in [6, 6.07) is 15.0. The van der Waals surface area contributed by atoms with E-state index in [1.165, 1.54) is 5.69 Å². The predicted octanol–water partition coefficient (Wildman–Crippen LogP) is 4.96. The van der Waals surface area contributed by atoms with Gasteiger partial charge in [0.1, 0.15) is 0 Å². The van der Waals surface area contributed by atoms with Crippen molar-refractivity contribution in [1.82, 2.24) is 4.98 Å². The molecule has 1 aromatic heterocycles. The summed E-state index contributed by atoms with van der Waals surface area (Å²) in [6.45, 7) is 2.23. The first-order valence-corrected chi connectivity index (χ1v) is 11.4. The molecule has 1 fully saturated rings. The first kappa shape index (κ1) is 22.7. The average Bonchev–Trinajstić information content (AvgIpc) is 2.82. The van der Waals surface area contributed by atoms with E-state index in [0.29, 0.717) is 41.0 Å². The Morgan fingerprint density at radius 3 is 2.48 bits per heavy atom. The van der Waals surface area contributed by atoms with Crippen LogP contribution >= 0.6 is 11.6 Å². The van der Waals surface area contributed by atoms with Gasteiger partial charge in [0.25, 0.3) is 0 Å². The Bertz CT molecular complexity index is 1080. The number of pyridine rings is 1. The molecule has 3 aromatic rings. The smallest absolute Gasteiger partial charge is 0.411 e. The Kier molecular flexibility index (Phi) is 7.19. The molecule has 1 aliphatic heterocycles. The van der Waals surface area contributed by atoms with Crippen LogP contribution in [0.3, 0.4) is 0 Å². The van der Waals surface area contributed by atoms with Gasteiger partial charge in [-0.1, -0.05) is 23.7 Å². The Hall–Kier alpha value is -3.45. The molecule has 2 aromatic carbocycles. The third kappa shape index (κ3) is 6.08. The van der Waals surface area contributed by atoms with Crippen LogP contribution in [0, 0.1) is 5.92 Å². The molecule has 0 radical (unpaired) electrons. The number of anilines is 4. The minimum atomic E-state index is -0.514. The standard InChI is InChI=1S/C25H28ClN5O2/c26-20-3-1-17(2-4-20)13-19-14-21(27)15-23(28)24(19)30-25(32)33-16-18-7-11-31(12-8-18)22-5-9-29-10-6-22/h1-6,9-10,14-15,18H,7-8,11-13,16,27-28H2,(H,30,32). The Morgan fingerprint density at radius 1 is 1.09 bits per heavy atom. The maximum Gasteiger partial charge on any atom is 0.411 e. The topological polar surface area (TPSA) is 106 Å². The monoisotopic (exact) mass is 465 g/mol. The number of nitrogens with two attached hydrogens (primary N) is 2. The van der Waals surface area contributed by atoms with Crippen LogP contribution in [0.15, 0.2) is 60.9 Å². The molecular formula is C25H28ClN5O2. The van der Waals surface area contributed by atoms with E-state index in [4.69, 9.17) is 27.8 Å². The first-order chi connectivity index (χ1) is 16.0. The lowest BCUT2D eigenvalue weighted by Crippen LogP contribution is -2.35. The van der Waals surface area contributed by atoms with Gasteiger partial charge in [0.2, 0.25) is 0 Å². The molecule has 0 atom stereocenters. The predicted molar refractivity (Wildman–Crippen MR) is 134 cm³/mol. The first-order valence-electron chi connectivity index (χ1n) is 11.0. The van der Waals surface area contributed by atoms with E-state index in [1.807, 2.05) is 42.5 Å². The van der Waals surface area contributed by atoms with Crippen molar-refractivity contribution in [2.24, 2.45) is 5.92 Å². The van der Waals surface area contributed by atoms with Crippen molar-refractivity contribution in [3.05, 3.63) is 77.1 Å². The molecule has 172 valence electrons. The minimum Gasteiger partial charge on any atom is -0.449 e. The fourth-order valence-corrected chi connectivity index (χ4v) is 4.24. The second-order valence-corrected chi connectivity index (χ2v) is 8.74. The lowest BCUT2D eigenvalue weighted by Gasteiger charge is -2.33.